The number of hydrogen-bond donors (Lipinski definition) is 2. The van der Waals surface area contributed by atoms with Crippen molar-refractivity contribution >= 4 is 12.0 Å². The Morgan fingerprint density at radius 3 is 2.83 bits per heavy atom. The maximum atomic E-state index is 13.5. The Hall–Kier alpha value is -3.50. The molecule has 41 heavy (non-hydrogen) atoms. The van der Waals surface area contributed by atoms with E-state index in [1.807, 2.05) is 19.1 Å². The number of phenolic OH excluding ortho intramolecular Hbond substituents is 1. The molecule has 10 heteroatoms. The van der Waals surface area contributed by atoms with Crippen LogP contribution in [0.4, 0.5) is 13.2 Å². The van der Waals surface area contributed by atoms with Gasteiger partial charge in [-0.2, -0.15) is 0 Å². The van der Waals surface area contributed by atoms with E-state index in [4.69, 9.17) is 4.74 Å². The highest BCUT2D eigenvalue weighted by Gasteiger charge is 2.74. The lowest BCUT2D eigenvalue weighted by Crippen LogP contribution is -2.79. The number of rotatable bonds is 6. The Balaban J connectivity index is 1.34. The Morgan fingerprint density at radius 2 is 2.10 bits per heavy atom. The van der Waals surface area contributed by atoms with Gasteiger partial charge in [0.1, 0.15) is 11.9 Å². The minimum atomic E-state index is -4.82. The summed E-state index contributed by atoms with van der Waals surface area (Å²) in [6, 6.07) is 8.34. The first-order valence-corrected chi connectivity index (χ1v) is 13.8. The van der Waals surface area contributed by atoms with E-state index in [0.717, 1.165) is 11.1 Å². The Kier molecular flexibility index (Phi) is 6.42. The third kappa shape index (κ3) is 4.14. The standard InChI is InChI=1S/C31H33F3N2O5/c1-4-13-36-14-12-29-25-20-9-10-22(37)27(25)40-28(29)26(18(2)17-30(29,39)23(36)16-20)35(3)24(38)11-8-19-6-5-7-21(15-19)41-31(32,33)34/h4-11,15,18,23,26,28,37,39H,1,12-14,16-17H2,2-3H3/t18-,23-,26+,28+,29+,30-/m1/s1. The Morgan fingerprint density at radius 1 is 1.32 bits per heavy atom. The smallest absolute Gasteiger partial charge is 0.504 e. The van der Waals surface area contributed by atoms with Crippen LogP contribution in [0.1, 0.15) is 36.5 Å². The van der Waals surface area contributed by atoms with Crippen LogP contribution < -0.4 is 9.47 Å². The summed E-state index contributed by atoms with van der Waals surface area (Å²) in [6.45, 7) is 7.26. The SMILES string of the molecule is C=CCN1CC[C@]23c4c5ccc(O)c4O[C@H]2[C@@H](N(C)C(=O)C=Cc2cccc(OC(F)(F)F)c2)[C@H](C)C[C@@]3(O)[C@H]1C5. The second kappa shape index (κ2) is 9.52. The molecule has 1 saturated heterocycles. The lowest BCUT2D eigenvalue weighted by molar-refractivity contribution is -0.274. The lowest BCUT2D eigenvalue weighted by Gasteiger charge is -2.65. The molecule has 6 atom stereocenters. The summed E-state index contributed by atoms with van der Waals surface area (Å²) in [5, 5.41) is 23.4. The normalized spacial score (nSPS) is 31.9. The van der Waals surface area contributed by atoms with Gasteiger partial charge in [0.2, 0.25) is 5.91 Å². The maximum Gasteiger partial charge on any atom is 0.573 e. The number of carbonyl (C=O) groups excluding carboxylic acids is 1. The molecule has 2 aromatic rings. The predicted molar refractivity (Wildman–Crippen MR) is 146 cm³/mol. The number of amides is 1. The van der Waals surface area contributed by atoms with Gasteiger partial charge in [0.15, 0.2) is 11.5 Å². The molecule has 0 unspecified atom stereocenters. The zero-order chi connectivity index (χ0) is 29.3. The third-order valence-electron chi connectivity index (χ3n) is 9.57. The molecule has 218 valence electrons. The summed E-state index contributed by atoms with van der Waals surface area (Å²) in [4.78, 5) is 17.4. The van der Waals surface area contributed by atoms with Crippen LogP contribution in [0.5, 0.6) is 17.2 Å². The number of hydrogen-bond acceptors (Lipinski definition) is 6. The van der Waals surface area contributed by atoms with Gasteiger partial charge in [-0.1, -0.05) is 31.2 Å². The molecule has 2 aromatic carbocycles. The number of nitrogens with zero attached hydrogens (tertiary/aromatic N) is 2. The van der Waals surface area contributed by atoms with E-state index in [1.54, 1.807) is 24.1 Å². The van der Waals surface area contributed by atoms with E-state index in [9.17, 15) is 28.2 Å². The van der Waals surface area contributed by atoms with Crippen molar-refractivity contribution in [1.29, 1.82) is 0 Å². The largest absolute Gasteiger partial charge is 0.573 e. The number of alkyl halides is 3. The molecule has 1 amide bonds. The van der Waals surface area contributed by atoms with E-state index >= 15 is 0 Å². The van der Waals surface area contributed by atoms with Gasteiger partial charge in [0.25, 0.3) is 0 Å². The van der Waals surface area contributed by atoms with Crippen LogP contribution in [-0.4, -0.2) is 76.2 Å². The van der Waals surface area contributed by atoms with Crippen molar-refractivity contribution < 1.29 is 37.7 Å². The Bertz CT molecular complexity index is 1430. The van der Waals surface area contributed by atoms with Crippen molar-refractivity contribution in [2.24, 2.45) is 5.92 Å². The zero-order valence-corrected chi connectivity index (χ0v) is 22.9. The number of aliphatic hydroxyl groups is 1. The molecule has 7 nitrogen and oxygen atoms in total. The van der Waals surface area contributed by atoms with Crippen LogP contribution in [-0.2, 0) is 16.6 Å². The second-order valence-corrected chi connectivity index (χ2v) is 11.7. The fourth-order valence-electron chi connectivity index (χ4n) is 8.09. The van der Waals surface area contributed by atoms with E-state index < -0.39 is 29.5 Å². The molecule has 2 fully saturated rings. The molecule has 4 aliphatic rings. The van der Waals surface area contributed by atoms with E-state index in [0.29, 0.717) is 43.7 Å². The van der Waals surface area contributed by atoms with Crippen LogP contribution in [0.25, 0.3) is 6.08 Å². The van der Waals surface area contributed by atoms with Crippen LogP contribution in [0, 0.1) is 5.92 Å². The molecule has 2 bridgehead atoms. The first-order chi connectivity index (χ1) is 19.4. The molecule has 2 heterocycles. The molecule has 0 radical (unpaired) electrons. The fourth-order valence-corrected chi connectivity index (χ4v) is 8.09. The fraction of sp³-hybridized carbons (Fsp3) is 0.452. The molecule has 2 aliphatic heterocycles. The number of phenols is 1. The molecule has 1 spiro atoms. The number of carbonyl (C=O) groups is 1. The van der Waals surface area contributed by atoms with Gasteiger partial charge in [0, 0.05) is 31.3 Å². The van der Waals surface area contributed by atoms with E-state index in [-0.39, 0.29) is 29.4 Å². The summed E-state index contributed by atoms with van der Waals surface area (Å²) in [7, 11) is 1.68. The van der Waals surface area contributed by atoms with Crippen molar-refractivity contribution in [3.63, 3.8) is 0 Å². The monoisotopic (exact) mass is 570 g/mol. The molecule has 0 aromatic heterocycles. The first kappa shape index (κ1) is 27.7. The highest BCUT2D eigenvalue weighted by Crippen LogP contribution is 2.66. The zero-order valence-electron chi connectivity index (χ0n) is 22.9. The summed E-state index contributed by atoms with van der Waals surface area (Å²) in [6.07, 6.45) is 0.846. The van der Waals surface area contributed by atoms with Gasteiger partial charge in [-0.15, -0.1) is 19.8 Å². The first-order valence-electron chi connectivity index (χ1n) is 13.8. The van der Waals surface area contributed by atoms with Crippen LogP contribution in [0.15, 0.2) is 55.1 Å². The Labute approximate surface area is 236 Å². The molecule has 1 saturated carbocycles. The number of halogens is 3. The highest BCUT2D eigenvalue weighted by atomic mass is 19.4. The number of benzene rings is 2. The van der Waals surface area contributed by atoms with Crippen LogP contribution in [0.3, 0.4) is 0 Å². The number of piperidine rings is 1. The topological polar surface area (TPSA) is 82.5 Å². The van der Waals surface area contributed by atoms with Crippen molar-refractivity contribution in [1.82, 2.24) is 9.80 Å². The van der Waals surface area contributed by atoms with E-state index in [2.05, 4.69) is 16.2 Å². The minimum absolute atomic E-state index is 0.0167. The molecule has 6 rings (SSSR count). The summed E-state index contributed by atoms with van der Waals surface area (Å²) >= 11 is 0. The van der Waals surface area contributed by atoms with E-state index in [1.165, 1.54) is 30.4 Å². The van der Waals surface area contributed by atoms with Gasteiger partial charge in [-0.25, -0.2) is 0 Å². The van der Waals surface area contributed by atoms with Gasteiger partial charge in [-0.3, -0.25) is 9.69 Å². The molecule has 2 aliphatic carbocycles. The quantitative estimate of drug-likeness (QED) is 0.396. The van der Waals surface area contributed by atoms with Crippen molar-refractivity contribution in [3.8, 4) is 17.2 Å². The van der Waals surface area contributed by atoms with Crippen LogP contribution in [0.2, 0.25) is 0 Å². The van der Waals surface area contributed by atoms with Gasteiger partial charge in [-0.05, 0) is 67.1 Å². The van der Waals surface area contributed by atoms with Gasteiger partial charge >= 0.3 is 6.36 Å². The van der Waals surface area contributed by atoms with Crippen molar-refractivity contribution in [3.05, 3.63) is 71.8 Å². The minimum Gasteiger partial charge on any atom is -0.504 e. The lowest BCUT2D eigenvalue weighted by atomic mass is 9.46. The second-order valence-electron chi connectivity index (χ2n) is 11.7. The molecule has 2 N–H and O–H groups in total. The highest BCUT2D eigenvalue weighted by molar-refractivity contribution is 5.92. The average Bonchev–Trinajstić information content (AvgIpc) is 3.24. The number of likely N-dealkylation sites (tertiary alicyclic amines) is 1. The third-order valence-corrected chi connectivity index (χ3v) is 9.57. The molecular weight excluding hydrogens is 537 g/mol. The number of ether oxygens (including phenoxy) is 2. The van der Waals surface area contributed by atoms with Crippen molar-refractivity contribution in [2.45, 2.75) is 61.8 Å². The van der Waals surface area contributed by atoms with Gasteiger partial charge in [0.05, 0.1) is 17.1 Å². The molecular formula is C31H33F3N2O5. The summed E-state index contributed by atoms with van der Waals surface area (Å²) in [5.41, 5.74) is 0.318. The van der Waals surface area contributed by atoms with Gasteiger partial charge < -0.3 is 24.6 Å². The number of likely N-dealkylation sites (N-methyl/N-ethyl adjacent to an activating group) is 1. The summed E-state index contributed by atoms with van der Waals surface area (Å²) < 4.78 is 48.5. The van der Waals surface area contributed by atoms with Crippen LogP contribution >= 0.6 is 0 Å². The predicted octanol–water partition coefficient (Wildman–Crippen LogP) is 4.42. The maximum absolute atomic E-state index is 13.5. The number of aromatic hydroxyl groups is 1. The van der Waals surface area contributed by atoms with Crippen molar-refractivity contribution in [2.75, 3.05) is 20.1 Å². The average molecular weight is 571 g/mol. The summed E-state index contributed by atoms with van der Waals surface area (Å²) in [5.74, 6) is -0.483.